The van der Waals surface area contributed by atoms with Crippen molar-refractivity contribution in [1.82, 2.24) is 5.32 Å². The van der Waals surface area contributed by atoms with Gasteiger partial charge in [0.05, 0.1) is 0 Å². The summed E-state index contributed by atoms with van der Waals surface area (Å²) >= 11 is 0. The Morgan fingerprint density at radius 2 is 2.19 bits per heavy atom. The van der Waals surface area contributed by atoms with E-state index in [2.05, 4.69) is 5.32 Å². The van der Waals surface area contributed by atoms with Crippen LogP contribution in [0.4, 0.5) is 0 Å². The summed E-state index contributed by atoms with van der Waals surface area (Å²) in [5.74, 6) is 0.0428. The first-order valence-corrected chi connectivity index (χ1v) is 5.49. The number of benzene rings is 1. The average molecular weight is 219 g/mol. The molecule has 1 amide bonds. The summed E-state index contributed by atoms with van der Waals surface area (Å²) in [7, 11) is 0. The highest BCUT2D eigenvalue weighted by Crippen LogP contribution is 2.12. The zero-order chi connectivity index (χ0) is 12.0. The largest absolute Gasteiger partial charge is 0.356 e. The maximum atomic E-state index is 11.1. The number of carbonyl (C=O) groups excluding carboxylic acids is 2. The van der Waals surface area contributed by atoms with E-state index in [1.807, 2.05) is 26.0 Å². The van der Waals surface area contributed by atoms with Crippen molar-refractivity contribution in [3.8, 4) is 0 Å². The topological polar surface area (TPSA) is 46.2 Å². The molecule has 3 heteroatoms. The second kappa shape index (κ2) is 6.05. The number of carbonyl (C=O) groups is 2. The highest BCUT2D eigenvalue weighted by Gasteiger charge is 2.05. The first-order valence-electron chi connectivity index (χ1n) is 5.49. The van der Waals surface area contributed by atoms with Gasteiger partial charge in [-0.3, -0.25) is 9.59 Å². The molecule has 0 aliphatic carbocycles. The number of hydrogen-bond donors (Lipinski definition) is 1. The fourth-order valence-corrected chi connectivity index (χ4v) is 1.63. The van der Waals surface area contributed by atoms with Gasteiger partial charge in [0.25, 0.3) is 0 Å². The molecule has 16 heavy (non-hydrogen) atoms. The zero-order valence-corrected chi connectivity index (χ0v) is 9.75. The minimum Gasteiger partial charge on any atom is -0.356 e. The quantitative estimate of drug-likeness (QED) is 0.768. The number of nitrogens with one attached hydrogen (secondary N) is 1. The average Bonchev–Trinajstić information content (AvgIpc) is 2.30. The fourth-order valence-electron chi connectivity index (χ4n) is 1.63. The van der Waals surface area contributed by atoms with Gasteiger partial charge in [0.2, 0.25) is 5.91 Å². The van der Waals surface area contributed by atoms with Crippen LogP contribution in [0.15, 0.2) is 18.2 Å². The van der Waals surface area contributed by atoms with Crippen LogP contribution >= 0.6 is 0 Å². The van der Waals surface area contributed by atoms with Crippen LogP contribution in [0, 0.1) is 6.92 Å². The summed E-state index contributed by atoms with van der Waals surface area (Å²) in [6, 6.07) is 5.65. The molecule has 0 radical (unpaired) electrons. The lowest BCUT2D eigenvalue weighted by Crippen LogP contribution is -2.25. The normalized spacial score (nSPS) is 9.88. The van der Waals surface area contributed by atoms with E-state index in [1.54, 1.807) is 6.07 Å². The molecule has 0 aliphatic heterocycles. The van der Waals surface area contributed by atoms with Crippen LogP contribution in [-0.4, -0.2) is 18.7 Å². The lowest BCUT2D eigenvalue weighted by atomic mass is 10.00. The van der Waals surface area contributed by atoms with E-state index in [0.717, 1.165) is 17.4 Å². The minimum atomic E-state index is 0.0428. The molecule has 0 bridgehead atoms. The van der Waals surface area contributed by atoms with Crippen LogP contribution in [0.2, 0.25) is 0 Å². The van der Waals surface area contributed by atoms with Crippen LogP contribution in [0.3, 0.4) is 0 Å². The summed E-state index contributed by atoms with van der Waals surface area (Å²) in [6.07, 6.45) is 2.06. The molecule has 0 saturated carbocycles. The lowest BCUT2D eigenvalue weighted by Gasteiger charge is -2.09. The SMILES string of the molecule is CCC(=O)NCCc1c(C)cccc1C=O. The third-order valence-corrected chi connectivity index (χ3v) is 2.59. The van der Waals surface area contributed by atoms with Crippen LogP contribution in [-0.2, 0) is 11.2 Å². The van der Waals surface area contributed by atoms with Gasteiger partial charge in [0, 0.05) is 18.5 Å². The number of rotatable bonds is 5. The maximum Gasteiger partial charge on any atom is 0.219 e. The van der Waals surface area contributed by atoms with Crippen LogP contribution in [0.25, 0.3) is 0 Å². The monoisotopic (exact) mass is 219 g/mol. The number of aldehydes is 1. The predicted octanol–water partition coefficient (Wildman–Crippen LogP) is 1.88. The first-order chi connectivity index (χ1) is 7.69. The third kappa shape index (κ3) is 3.19. The predicted molar refractivity (Wildman–Crippen MR) is 63.6 cm³/mol. The van der Waals surface area contributed by atoms with Crippen molar-refractivity contribution in [2.75, 3.05) is 6.54 Å². The number of hydrogen-bond acceptors (Lipinski definition) is 2. The molecular weight excluding hydrogens is 202 g/mol. The first kappa shape index (κ1) is 12.4. The van der Waals surface area contributed by atoms with Gasteiger partial charge < -0.3 is 5.32 Å². The van der Waals surface area contributed by atoms with Gasteiger partial charge in [0.15, 0.2) is 0 Å². The highest BCUT2D eigenvalue weighted by atomic mass is 16.1. The Bertz CT molecular complexity index is 386. The molecule has 0 fully saturated rings. The Hall–Kier alpha value is -1.64. The summed E-state index contributed by atoms with van der Waals surface area (Å²) in [6.45, 7) is 4.38. The van der Waals surface area contributed by atoms with Gasteiger partial charge in [-0.15, -0.1) is 0 Å². The van der Waals surface area contributed by atoms with Gasteiger partial charge in [-0.1, -0.05) is 25.1 Å². The van der Waals surface area contributed by atoms with E-state index in [1.165, 1.54) is 0 Å². The van der Waals surface area contributed by atoms with Crippen molar-refractivity contribution < 1.29 is 9.59 Å². The summed E-state index contributed by atoms with van der Waals surface area (Å²) < 4.78 is 0. The molecule has 0 spiro atoms. The summed E-state index contributed by atoms with van der Waals surface area (Å²) in [4.78, 5) is 21.9. The van der Waals surface area contributed by atoms with Crippen LogP contribution < -0.4 is 5.32 Å². The molecule has 0 saturated heterocycles. The minimum absolute atomic E-state index is 0.0428. The zero-order valence-electron chi connectivity index (χ0n) is 9.75. The maximum absolute atomic E-state index is 11.1. The van der Waals surface area contributed by atoms with Crippen molar-refractivity contribution in [2.45, 2.75) is 26.7 Å². The molecule has 0 heterocycles. The van der Waals surface area contributed by atoms with Crippen LogP contribution in [0.5, 0.6) is 0 Å². The van der Waals surface area contributed by atoms with E-state index in [0.29, 0.717) is 24.9 Å². The Morgan fingerprint density at radius 3 is 2.81 bits per heavy atom. The lowest BCUT2D eigenvalue weighted by molar-refractivity contribution is -0.120. The molecule has 0 unspecified atom stereocenters. The highest BCUT2D eigenvalue weighted by molar-refractivity contribution is 5.78. The van der Waals surface area contributed by atoms with Gasteiger partial charge in [-0.25, -0.2) is 0 Å². The van der Waals surface area contributed by atoms with Crippen molar-refractivity contribution >= 4 is 12.2 Å². The Morgan fingerprint density at radius 1 is 1.44 bits per heavy atom. The second-order valence-corrected chi connectivity index (χ2v) is 3.71. The Kier molecular flexibility index (Phi) is 4.70. The number of amides is 1. The Labute approximate surface area is 95.9 Å². The van der Waals surface area contributed by atoms with E-state index in [9.17, 15) is 9.59 Å². The molecule has 0 aliphatic rings. The van der Waals surface area contributed by atoms with Crippen molar-refractivity contribution in [1.29, 1.82) is 0 Å². The van der Waals surface area contributed by atoms with Gasteiger partial charge >= 0.3 is 0 Å². The van der Waals surface area contributed by atoms with Crippen LogP contribution in [0.1, 0.15) is 34.8 Å². The molecule has 1 rings (SSSR count). The third-order valence-electron chi connectivity index (χ3n) is 2.59. The molecule has 1 N–H and O–H groups in total. The molecule has 0 aromatic heterocycles. The van der Waals surface area contributed by atoms with Crippen molar-refractivity contribution in [3.05, 3.63) is 34.9 Å². The molecule has 1 aromatic carbocycles. The van der Waals surface area contributed by atoms with Crippen molar-refractivity contribution in [2.24, 2.45) is 0 Å². The van der Waals surface area contributed by atoms with Gasteiger partial charge in [0.1, 0.15) is 6.29 Å². The van der Waals surface area contributed by atoms with Crippen molar-refractivity contribution in [3.63, 3.8) is 0 Å². The van der Waals surface area contributed by atoms with E-state index in [-0.39, 0.29) is 5.91 Å². The number of aryl methyl sites for hydroxylation is 1. The molecule has 0 atom stereocenters. The van der Waals surface area contributed by atoms with Gasteiger partial charge in [-0.2, -0.15) is 0 Å². The molecule has 3 nitrogen and oxygen atoms in total. The van der Waals surface area contributed by atoms with E-state index >= 15 is 0 Å². The van der Waals surface area contributed by atoms with E-state index < -0.39 is 0 Å². The summed E-state index contributed by atoms with van der Waals surface area (Å²) in [5.41, 5.74) is 2.83. The fraction of sp³-hybridized carbons (Fsp3) is 0.385. The molecular formula is C13H17NO2. The summed E-state index contributed by atoms with van der Waals surface area (Å²) in [5, 5.41) is 2.80. The van der Waals surface area contributed by atoms with E-state index in [4.69, 9.17) is 0 Å². The Balaban J connectivity index is 2.65. The molecule has 1 aromatic rings. The smallest absolute Gasteiger partial charge is 0.219 e. The standard InChI is InChI=1S/C13H17NO2/c1-3-13(16)14-8-7-12-10(2)5-4-6-11(12)9-15/h4-6,9H,3,7-8H2,1-2H3,(H,14,16). The van der Waals surface area contributed by atoms with Gasteiger partial charge in [-0.05, 0) is 24.5 Å². The molecule has 86 valence electrons. The second-order valence-electron chi connectivity index (χ2n) is 3.71.